The molecule has 1 unspecified atom stereocenters. The second-order valence-electron chi connectivity index (χ2n) is 8.34. The first-order chi connectivity index (χ1) is 13.8. The maximum absolute atomic E-state index is 12.6. The highest BCUT2D eigenvalue weighted by Crippen LogP contribution is 2.20. The molecule has 1 N–H and O–H groups in total. The van der Waals surface area contributed by atoms with Crippen molar-refractivity contribution in [2.24, 2.45) is 5.92 Å². The summed E-state index contributed by atoms with van der Waals surface area (Å²) in [6.07, 6.45) is 3.88. The Morgan fingerprint density at radius 2 is 1.79 bits per heavy atom. The van der Waals surface area contributed by atoms with E-state index in [4.69, 9.17) is 0 Å². The van der Waals surface area contributed by atoms with Crippen molar-refractivity contribution < 1.29 is 14.7 Å². The molecule has 0 spiro atoms. The van der Waals surface area contributed by atoms with E-state index >= 15 is 0 Å². The molecular formula is C23H37N3O3. The van der Waals surface area contributed by atoms with Crippen molar-refractivity contribution >= 4 is 11.8 Å². The predicted octanol–water partition coefficient (Wildman–Crippen LogP) is 2.75. The molecule has 6 nitrogen and oxygen atoms in total. The average molecular weight is 404 g/mol. The number of hydrogen-bond acceptors (Lipinski definition) is 4. The summed E-state index contributed by atoms with van der Waals surface area (Å²) in [6.45, 7) is 7.60. The van der Waals surface area contributed by atoms with Crippen LogP contribution in [0.15, 0.2) is 24.3 Å². The van der Waals surface area contributed by atoms with E-state index in [9.17, 15) is 14.7 Å². The Bertz CT molecular complexity index is 652. The summed E-state index contributed by atoms with van der Waals surface area (Å²) in [7, 11) is 3.59. The van der Waals surface area contributed by atoms with E-state index in [1.165, 1.54) is 5.56 Å². The van der Waals surface area contributed by atoms with Gasteiger partial charge >= 0.3 is 0 Å². The fraction of sp³-hybridized carbons (Fsp3) is 0.652. The minimum atomic E-state index is 0.0605. The summed E-state index contributed by atoms with van der Waals surface area (Å²) in [5.74, 6) is 0.744. The normalized spacial score (nSPS) is 16.1. The Morgan fingerprint density at radius 1 is 1.17 bits per heavy atom. The van der Waals surface area contributed by atoms with E-state index in [1.807, 2.05) is 17.0 Å². The third-order valence-corrected chi connectivity index (χ3v) is 5.97. The van der Waals surface area contributed by atoms with Crippen LogP contribution in [-0.2, 0) is 16.0 Å². The van der Waals surface area contributed by atoms with E-state index in [2.05, 4.69) is 18.7 Å². The lowest BCUT2D eigenvalue weighted by molar-refractivity contribution is -0.139. The minimum Gasteiger partial charge on any atom is -0.508 e. The number of phenols is 1. The molecule has 1 atom stereocenters. The third kappa shape index (κ3) is 7.03. The number of carbonyl (C=O) groups is 2. The van der Waals surface area contributed by atoms with E-state index in [0.29, 0.717) is 31.3 Å². The second-order valence-corrected chi connectivity index (χ2v) is 8.34. The zero-order valence-electron chi connectivity index (χ0n) is 18.4. The summed E-state index contributed by atoms with van der Waals surface area (Å²) >= 11 is 0. The number of carbonyl (C=O) groups excluding carboxylic acids is 2. The minimum absolute atomic E-state index is 0.0605. The molecular weight excluding hydrogens is 366 g/mol. The maximum atomic E-state index is 12.6. The Balaban J connectivity index is 1.72. The molecule has 1 saturated heterocycles. The van der Waals surface area contributed by atoms with Gasteiger partial charge in [-0.05, 0) is 63.4 Å². The number of nitrogens with zero attached hydrogens (tertiary/aromatic N) is 3. The van der Waals surface area contributed by atoms with Gasteiger partial charge in [0.05, 0.1) is 0 Å². The Hall–Kier alpha value is -2.08. The molecule has 1 aromatic rings. The van der Waals surface area contributed by atoms with Crippen molar-refractivity contribution in [3.8, 4) is 5.75 Å². The third-order valence-electron chi connectivity index (χ3n) is 5.97. The van der Waals surface area contributed by atoms with Crippen LogP contribution in [0.2, 0.25) is 0 Å². The highest BCUT2D eigenvalue weighted by atomic mass is 16.3. The molecule has 0 saturated carbocycles. The van der Waals surface area contributed by atoms with Gasteiger partial charge in [-0.25, -0.2) is 0 Å². The van der Waals surface area contributed by atoms with Gasteiger partial charge in [-0.1, -0.05) is 19.1 Å². The number of likely N-dealkylation sites (tertiary alicyclic amines) is 1. The van der Waals surface area contributed by atoms with E-state index in [-0.39, 0.29) is 17.7 Å². The highest BCUT2D eigenvalue weighted by molar-refractivity contribution is 5.79. The number of likely N-dealkylation sites (N-methyl/N-ethyl adjacent to an activating group) is 1. The molecule has 0 radical (unpaired) electrons. The van der Waals surface area contributed by atoms with Gasteiger partial charge < -0.3 is 19.8 Å². The molecule has 6 heteroatoms. The lowest BCUT2D eigenvalue weighted by atomic mass is 9.95. The SMILES string of the molecule is CCN(CCCC(=O)N1CCC(C(=O)N(C)C)CC1)C(C)Cc1ccc(O)cc1. The van der Waals surface area contributed by atoms with Gasteiger partial charge in [0.25, 0.3) is 0 Å². The quantitative estimate of drug-likeness (QED) is 0.689. The highest BCUT2D eigenvalue weighted by Gasteiger charge is 2.28. The van der Waals surface area contributed by atoms with Gasteiger partial charge in [-0.3, -0.25) is 9.59 Å². The molecule has 1 aliphatic rings. The van der Waals surface area contributed by atoms with E-state index in [0.717, 1.165) is 38.8 Å². The molecule has 1 fully saturated rings. The number of phenolic OH excluding ortho intramolecular Hbond substituents is 1. The van der Waals surface area contributed by atoms with Crippen molar-refractivity contribution in [2.75, 3.05) is 40.3 Å². The molecule has 29 heavy (non-hydrogen) atoms. The number of hydrogen-bond donors (Lipinski definition) is 1. The zero-order valence-corrected chi connectivity index (χ0v) is 18.4. The fourth-order valence-electron chi connectivity index (χ4n) is 4.12. The average Bonchev–Trinajstić information content (AvgIpc) is 2.72. The predicted molar refractivity (Wildman–Crippen MR) is 116 cm³/mol. The van der Waals surface area contributed by atoms with Crippen LogP contribution < -0.4 is 0 Å². The van der Waals surface area contributed by atoms with Crippen LogP contribution in [0, 0.1) is 5.92 Å². The van der Waals surface area contributed by atoms with Gasteiger partial charge in [0.2, 0.25) is 11.8 Å². The fourth-order valence-corrected chi connectivity index (χ4v) is 4.12. The van der Waals surface area contributed by atoms with E-state index < -0.39 is 0 Å². The zero-order chi connectivity index (χ0) is 21.4. The van der Waals surface area contributed by atoms with Crippen LogP contribution >= 0.6 is 0 Å². The first kappa shape index (κ1) is 23.2. The van der Waals surface area contributed by atoms with Crippen LogP contribution in [0.5, 0.6) is 5.75 Å². The topological polar surface area (TPSA) is 64.1 Å². The van der Waals surface area contributed by atoms with Crippen LogP contribution in [0.3, 0.4) is 0 Å². The van der Waals surface area contributed by atoms with E-state index in [1.54, 1.807) is 31.1 Å². The smallest absolute Gasteiger partial charge is 0.225 e. The summed E-state index contributed by atoms with van der Waals surface area (Å²) < 4.78 is 0. The first-order valence-electron chi connectivity index (χ1n) is 10.8. The molecule has 2 rings (SSSR count). The largest absolute Gasteiger partial charge is 0.508 e. The molecule has 1 heterocycles. The van der Waals surface area contributed by atoms with Gasteiger partial charge in [-0.15, -0.1) is 0 Å². The van der Waals surface area contributed by atoms with Crippen molar-refractivity contribution in [2.45, 2.75) is 52.0 Å². The molecule has 2 amide bonds. The standard InChI is InChI=1S/C23H37N3O3/c1-5-25(18(2)17-19-8-10-21(27)11-9-19)14-6-7-22(28)26-15-12-20(13-16-26)23(29)24(3)4/h8-11,18,20,27H,5-7,12-17H2,1-4H3. The monoisotopic (exact) mass is 403 g/mol. The van der Waals surface area contributed by atoms with Crippen LogP contribution in [0.4, 0.5) is 0 Å². The molecule has 0 aromatic heterocycles. The Kier molecular flexibility index (Phi) is 8.96. The van der Waals surface area contributed by atoms with Crippen LogP contribution in [0.1, 0.15) is 45.1 Å². The maximum Gasteiger partial charge on any atom is 0.225 e. The van der Waals surface area contributed by atoms with Crippen LogP contribution in [-0.4, -0.2) is 77.9 Å². The summed E-state index contributed by atoms with van der Waals surface area (Å²) in [5.41, 5.74) is 1.21. The number of aromatic hydroxyl groups is 1. The number of piperidine rings is 1. The van der Waals surface area contributed by atoms with Crippen molar-refractivity contribution in [1.29, 1.82) is 0 Å². The first-order valence-corrected chi connectivity index (χ1v) is 10.8. The number of amides is 2. The molecule has 162 valence electrons. The van der Waals surface area contributed by atoms with Crippen molar-refractivity contribution in [3.63, 3.8) is 0 Å². The van der Waals surface area contributed by atoms with Gasteiger partial charge in [0.15, 0.2) is 0 Å². The van der Waals surface area contributed by atoms with Gasteiger partial charge in [-0.2, -0.15) is 0 Å². The lowest BCUT2D eigenvalue weighted by Crippen LogP contribution is -2.43. The van der Waals surface area contributed by atoms with Gasteiger partial charge in [0.1, 0.15) is 5.75 Å². The molecule has 1 aromatic carbocycles. The van der Waals surface area contributed by atoms with Crippen molar-refractivity contribution in [3.05, 3.63) is 29.8 Å². The van der Waals surface area contributed by atoms with Crippen LogP contribution in [0.25, 0.3) is 0 Å². The number of rotatable bonds is 9. The molecule has 0 aliphatic carbocycles. The second kappa shape index (κ2) is 11.2. The lowest BCUT2D eigenvalue weighted by Gasteiger charge is -2.33. The molecule has 1 aliphatic heterocycles. The Labute approximate surface area is 175 Å². The summed E-state index contributed by atoms with van der Waals surface area (Å²) in [4.78, 5) is 30.6. The number of benzene rings is 1. The van der Waals surface area contributed by atoms with Gasteiger partial charge in [0, 0.05) is 45.6 Å². The Morgan fingerprint density at radius 3 is 2.34 bits per heavy atom. The summed E-state index contributed by atoms with van der Waals surface area (Å²) in [6, 6.07) is 7.77. The summed E-state index contributed by atoms with van der Waals surface area (Å²) in [5, 5.41) is 9.42. The van der Waals surface area contributed by atoms with Crippen molar-refractivity contribution in [1.82, 2.24) is 14.7 Å². The molecule has 0 bridgehead atoms.